The van der Waals surface area contributed by atoms with Crippen molar-refractivity contribution in [3.05, 3.63) is 0 Å². The molecule has 0 bridgehead atoms. The fourth-order valence-electron chi connectivity index (χ4n) is 0.796. The highest BCUT2D eigenvalue weighted by atomic mass is 16.2. The Bertz CT molecular complexity index is 112. The molecule has 3 heteroatoms. The number of nitrogens with zero attached hydrogens (tertiary/aromatic N) is 1. The predicted molar refractivity (Wildman–Crippen MR) is 40.6 cm³/mol. The first-order valence-corrected chi connectivity index (χ1v) is 3.58. The van der Waals surface area contributed by atoms with Crippen molar-refractivity contribution in [3.8, 4) is 0 Å². The van der Waals surface area contributed by atoms with Crippen LogP contribution in [-0.4, -0.2) is 24.0 Å². The van der Waals surface area contributed by atoms with Crippen LogP contribution in [0.3, 0.4) is 0 Å². The number of carbonyl (C=O) groups excluding carboxylic acids is 1. The number of hydrogen-bond donors (Lipinski definition) is 0. The molecular weight excluding hydrogens is 128 g/mol. The topological polar surface area (TPSA) is 44.1 Å². The Labute approximate surface area is 62.2 Å². The molecule has 0 unspecified atom stereocenters. The maximum Gasteiger partial charge on any atom is 0.336 e. The zero-order valence-corrected chi connectivity index (χ0v) is 6.85. The second-order valence-electron chi connectivity index (χ2n) is 2.74. The van der Waals surface area contributed by atoms with Gasteiger partial charge in [-0.2, -0.15) is 0 Å². The minimum Gasteiger partial charge on any atom is -0.323 e. The molecule has 0 saturated heterocycles. The summed E-state index contributed by atoms with van der Waals surface area (Å²) < 4.78 is 0. The van der Waals surface area contributed by atoms with Crippen molar-refractivity contribution in [1.82, 2.24) is 10.6 Å². The van der Waals surface area contributed by atoms with E-state index in [1.54, 1.807) is 0 Å². The lowest BCUT2D eigenvalue weighted by Gasteiger charge is -2.19. The molecule has 2 amide bonds. The minimum atomic E-state index is -0.573. The molecule has 0 rings (SSSR count). The lowest BCUT2D eigenvalue weighted by Crippen LogP contribution is -2.33. The van der Waals surface area contributed by atoms with Gasteiger partial charge in [-0.15, -0.1) is 0 Å². The third-order valence-electron chi connectivity index (χ3n) is 1.25. The molecule has 10 heavy (non-hydrogen) atoms. The van der Waals surface area contributed by atoms with Crippen LogP contribution in [0.15, 0.2) is 0 Å². The van der Waals surface area contributed by atoms with Gasteiger partial charge in [-0.3, -0.25) is 0 Å². The Hall–Kier alpha value is -0.730. The van der Waals surface area contributed by atoms with Crippen LogP contribution >= 0.6 is 0 Å². The third kappa shape index (κ3) is 3.33. The molecule has 0 spiro atoms. The second-order valence-corrected chi connectivity index (χ2v) is 2.74. The fraction of sp³-hybridized carbons (Fsp3) is 0.857. The lowest BCUT2D eigenvalue weighted by molar-refractivity contribution is 0.202. The molecule has 3 nitrogen and oxygen atoms in total. The van der Waals surface area contributed by atoms with Crippen LogP contribution in [-0.2, 0) is 0 Å². The van der Waals surface area contributed by atoms with Crippen molar-refractivity contribution in [1.29, 1.82) is 0 Å². The average Bonchev–Trinajstić information content (AvgIpc) is 1.81. The normalized spacial score (nSPS) is 10.0. The van der Waals surface area contributed by atoms with E-state index in [0.29, 0.717) is 19.0 Å². The molecule has 59 valence electrons. The van der Waals surface area contributed by atoms with Crippen LogP contribution in [0.4, 0.5) is 4.79 Å². The molecule has 0 aromatic carbocycles. The Morgan fingerprint density at radius 1 is 1.60 bits per heavy atom. The summed E-state index contributed by atoms with van der Waals surface area (Å²) in [6.07, 6.45) is 0. The number of hydrogen-bond acceptors (Lipinski definition) is 1. The molecule has 0 saturated carbocycles. The first-order valence-electron chi connectivity index (χ1n) is 3.58. The van der Waals surface area contributed by atoms with Crippen LogP contribution in [0.25, 0.3) is 0 Å². The van der Waals surface area contributed by atoms with Gasteiger partial charge in [0.25, 0.3) is 0 Å². The first kappa shape index (κ1) is 9.27. The second kappa shape index (κ2) is 4.14. The largest absolute Gasteiger partial charge is 0.336 e. The molecular formula is C7H15N2O. The van der Waals surface area contributed by atoms with Crippen molar-refractivity contribution >= 4 is 6.03 Å². The highest BCUT2D eigenvalue weighted by molar-refractivity contribution is 5.71. The van der Waals surface area contributed by atoms with E-state index < -0.39 is 6.03 Å². The Balaban J connectivity index is 3.72. The highest BCUT2D eigenvalue weighted by Crippen LogP contribution is 1.97. The Kier molecular flexibility index (Phi) is 3.84. The van der Waals surface area contributed by atoms with Crippen molar-refractivity contribution in [2.45, 2.75) is 20.8 Å². The molecule has 0 fully saturated rings. The SMILES string of the molecule is CCN(CC(C)C)C([NH])=O. The number of urea groups is 1. The Morgan fingerprint density at radius 3 is 2.20 bits per heavy atom. The van der Waals surface area contributed by atoms with E-state index >= 15 is 0 Å². The van der Waals surface area contributed by atoms with Gasteiger partial charge in [-0.05, 0) is 12.8 Å². The van der Waals surface area contributed by atoms with Gasteiger partial charge in [0.2, 0.25) is 0 Å². The van der Waals surface area contributed by atoms with E-state index in [4.69, 9.17) is 5.73 Å². The van der Waals surface area contributed by atoms with Gasteiger partial charge >= 0.3 is 6.03 Å². The van der Waals surface area contributed by atoms with E-state index in [0.717, 1.165) is 0 Å². The van der Waals surface area contributed by atoms with Crippen molar-refractivity contribution < 1.29 is 4.79 Å². The monoisotopic (exact) mass is 143 g/mol. The molecule has 1 radical (unpaired) electrons. The van der Waals surface area contributed by atoms with Gasteiger partial charge in [-0.1, -0.05) is 13.8 Å². The van der Waals surface area contributed by atoms with E-state index in [-0.39, 0.29) is 0 Å². The Morgan fingerprint density at radius 2 is 2.10 bits per heavy atom. The molecule has 0 aliphatic carbocycles. The summed E-state index contributed by atoms with van der Waals surface area (Å²) in [7, 11) is 0. The number of carbonyl (C=O) groups is 1. The fourth-order valence-corrected chi connectivity index (χ4v) is 0.796. The predicted octanol–water partition coefficient (Wildman–Crippen LogP) is 1.37. The van der Waals surface area contributed by atoms with E-state index in [1.165, 1.54) is 4.90 Å². The van der Waals surface area contributed by atoms with Crippen molar-refractivity contribution in [2.75, 3.05) is 13.1 Å². The van der Waals surface area contributed by atoms with E-state index in [2.05, 4.69) is 0 Å². The van der Waals surface area contributed by atoms with Crippen molar-refractivity contribution in [3.63, 3.8) is 0 Å². The van der Waals surface area contributed by atoms with E-state index in [1.807, 2.05) is 20.8 Å². The molecule has 1 N–H and O–H groups in total. The summed E-state index contributed by atoms with van der Waals surface area (Å²) in [5.41, 5.74) is 6.82. The summed E-state index contributed by atoms with van der Waals surface area (Å²) in [6, 6.07) is -0.573. The zero-order valence-electron chi connectivity index (χ0n) is 6.85. The number of nitrogens with one attached hydrogen (secondary N) is 1. The smallest absolute Gasteiger partial charge is 0.323 e. The highest BCUT2D eigenvalue weighted by Gasteiger charge is 2.08. The van der Waals surface area contributed by atoms with Crippen LogP contribution < -0.4 is 5.73 Å². The van der Waals surface area contributed by atoms with Gasteiger partial charge in [0.05, 0.1) is 0 Å². The lowest BCUT2D eigenvalue weighted by atomic mass is 10.2. The van der Waals surface area contributed by atoms with Gasteiger partial charge in [0, 0.05) is 13.1 Å². The summed E-state index contributed by atoms with van der Waals surface area (Å²) in [5, 5.41) is 0. The summed E-state index contributed by atoms with van der Waals surface area (Å²) in [5.74, 6) is 0.453. The van der Waals surface area contributed by atoms with Crippen molar-refractivity contribution in [2.24, 2.45) is 5.92 Å². The van der Waals surface area contributed by atoms with E-state index in [9.17, 15) is 4.79 Å². The zero-order chi connectivity index (χ0) is 8.15. The van der Waals surface area contributed by atoms with Crippen LogP contribution in [0, 0.1) is 5.92 Å². The minimum absolute atomic E-state index is 0.453. The summed E-state index contributed by atoms with van der Waals surface area (Å²) in [6.45, 7) is 7.28. The number of rotatable bonds is 3. The first-order chi connectivity index (χ1) is 4.57. The standard InChI is InChI=1S/C7H15N2O/c1-4-9(7(8)10)5-6(2)3/h6,8H,4-5H2,1-3H3. The molecule has 0 aromatic heterocycles. The average molecular weight is 143 g/mol. The van der Waals surface area contributed by atoms with Gasteiger partial charge in [0.15, 0.2) is 0 Å². The maximum absolute atomic E-state index is 10.5. The van der Waals surface area contributed by atoms with Crippen LogP contribution in [0.1, 0.15) is 20.8 Å². The molecule has 0 heterocycles. The molecule has 0 aliphatic heterocycles. The third-order valence-corrected chi connectivity index (χ3v) is 1.25. The summed E-state index contributed by atoms with van der Waals surface area (Å²) >= 11 is 0. The molecule has 0 aromatic rings. The molecule has 0 atom stereocenters. The van der Waals surface area contributed by atoms with Crippen LogP contribution in [0.5, 0.6) is 0 Å². The quantitative estimate of drug-likeness (QED) is 0.588. The number of amides is 2. The van der Waals surface area contributed by atoms with Gasteiger partial charge < -0.3 is 4.90 Å². The molecule has 0 aliphatic rings. The van der Waals surface area contributed by atoms with Gasteiger partial charge in [0.1, 0.15) is 0 Å². The summed E-state index contributed by atoms with van der Waals surface area (Å²) in [4.78, 5) is 12.0. The maximum atomic E-state index is 10.5. The van der Waals surface area contributed by atoms with Gasteiger partial charge in [-0.25, -0.2) is 10.5 Å². The van der Waals surface area contributed by atoms with Crippen LogP contribution in [0.2, 0.25) is 0 Å².